The maximum atomic E-state index is 12.4. The molecule has 2 aromatic carbocycles. The van der Waals surface area contributed by atoms with Gasteiger partial charge in [0, 0.05) is 17.2 Å². The minimum Gasteiger partial charge on any atom is -0.495 e. The molecule has 1 amide bonds. The van der Waals surface area contributed by atoms with E-state index in [9.17, 15) is 4.79 Å². The maximum absolute atomic E-state index is 12.4. The van der Waals surface area contributed by atoms with Crippen LogP contribution in [0, 0.1) is 0 Å². The summed E-state index contributed by atoms with van der Waals surface area (Å²) in [7, 11) is 2.97. The standard InChI is InChI=1S/C17H16BrCl2NO4/c1-9(25-14-5-4-10(19)6-11(14)18)17(22)21-13-8-15(23-2)12(20)7-16(13)24-3/h4-9H,1-3H3,(H,21,22). The molecular weight excluding hydrogens is 433 g/mol. The highest BCUT2D eigenvalue weighted by Crippen LogP contribution is 2.36. The van der Waals surface area contributed by atoms with Gasteiger partial charge in [-0.15, -0.1) is 0 Å². The molecule has 0 radical (unpaired) electrons. The summed E-state index contributed by atoms with van der Waals surface area (Å²) in [5.41, 5.74) is 0.430. The van der Waals surface area contributed by atoms with Crippen LogP contribution in [-0.2, 0) is 4.79 Å². The normalized spacial score (nSPS) is 11.6. The summed E-state index contributed by atoms with van der Waals surface area (Å²) in [4.78, 5) is 12.4. The molecule has 0 spiro atoms. The van der Waals surface area contributed by atoms with Crippen LogP contribution in [-0.4, -0.2) is 26.2 Å². The van der Waals surface area contributed by atoms with E-state index in [-0.39, 0.29) is 5.91 Å². The molecule has 0 saturated carbocycles. The molecule has 0 aliphatic heterocycles. The highest BCUT2D eigenvalue weighted by Gasteiger charge is 2.19. The zero-order valence-corrected chi connectivity index (χ0v) is 16.8. The van der Waals surface area contributed by atoms with Crippen LogP contribution in [0.3, 0.4) is 0 Å². The number of carbonyl (C=O) groups excluding carboxylic acids is 1. The van der Waals surface area contributed by atoms with Gasteiger partial charge in [0.2, 0.25) is 0 Å². The Morgan fingerprint density at radius 2 is 1.76 bits per heavy atom. The predicted octanol–water partition coefficient (Wildman–Crippen LogP) is 5.18. The van der Waals surface area contributed by atoms with Crippen LogP contribution in [0.15, 0.2) is 34.8 Å². The second-order valence-corrected chi connectivity index (χ2v) is 6.71. The minimum atomic E-state index is -0.760. The maximum Gasteiger partial charge on any atom is 0.265 e. The zero-order valence-electron chi connectivity index (χ0n) is 13.7. The van der Waals surface area contributed by atoms with Crippen molar-refractivity contribution in [3.8, 4) is 17.2 Å². The summed E-state index contributed by atoms with van der Waals surface area (Å²) >= 11 is 15.3. The van der Waals surface area contributed by atoms with E-state index in [1.54, 1.807) is 37.3 Å². The summed E-state index contributed by atoms with van der Waals surface area (Å²) < 4.78 is 16.7. The molecule has 0 fully saturated rings. The molecule has 2 aromatic rings. The number of hydrogen-bond donors (Lipinski definition) is 1. The van der Waals surface area contributed by atoms with Crippen LogP contribution in [0.1, 0.15) is 6.92 Å². The average Bonchev–Trinajstić information content (AvgIpc) is 2.58. The summed E-state index contributed by atoms with van der Waals surface area (Å²) in [6, 6.07) is 8.21. The van der Waals surface area contributed by atoms with Gasteiger partial charge >= 0.3 is 0 Å². The van der Waals surface area contributed by atoms with E-state index < -0.39 is 6.10 Å². The quantitative estimate of drug-likeness (QED) is 0.661. The van der Waals surface area contributed by atoms with Gasteiger partial charge in [-0.3, -0.25) is 4.79 Å². The van der Waals surface area contributed by atoms with Crippen molar-refractivity contribution in [3.63, 3.8) is 0 Å². The molecule has 5 nitrogen and oxygen atoms in total. The molecular formula is C17H16BrCl2NO4. The fourth-order valence-corrected chi connectivity index (χ4v) is 3.01. The summed E-state index contributed by atoms with van der Waals surface area (Å²) in [5.74, 6) is 0.989. The molecule has 8 heteroatoms. The highest BCUT2D eigenvalue weighted by atomic mass is 79.9. The molecule has 1 N–H and O–H groups in total. The summed E-state index contributed by atoms with van der Waals surface area (Å²) in [5, 5.41) is 3.69. The Balaban J connectivity index is 2.15. The number of rotatable bonds is 6. The third-order valence-electron chi connectivity index (χ3n) is 3.30. The SMILES string of the molecule is COc1cc(NC(=O)C(C)Oc2ccc(Cl)cc2Br)c(OC)cc1Cl. The van der Waals surface area contributed by atoms with Crippen molar-refractivity contribution in [1.29, 1.82) is 0 Å². The van der Waals surface area contributed by atoms with Crippen molar-refractivity contribution >= 4 is 50.7 Å². The number of hydrogen-bond acceptors (Lipinski definition) is 4. The fourth-order valence-electron chi connectivity index (χ4n) is 2.01. The minimum absolute atomic E-state index is 0.357. The Morgan fingerprint density at radius 3 is 2.36 bits per heavy atom. The molecule has 25 heavy (non-hydrogen) atoms. The third kappa shape index (κ3) is 4.93. The largest absolute Gasteiger partial charge is 0.495 e. The lowest BCUT2D eigenvalue weighted by Gasteiger charge is -2.18. The summed E-state index contributed by atoms with van der Waals surface area (Å²) in [6.07, 6.45) is -0.760. The molecule has 0 aliphatic rings. The number of ether oxygens (including phenoxy) is 3. The molecule has 0 heterocycles. The monoisotopic (exact) mass is 447 g/mol. The third-order valence-corrected chi connectivity index (χ3v) is 4.45. The number of nitrogens with one attached hydrogen (secondary N) is 1. The molecule has 134 valence electrons. The number of methoxy groups -OCH3 is 2. The second kappa shape index (κ2) is 8.65. The van der Waals surface area contributed by atoms with Gasteiger partial charge in [-0.05, 0) is 41.1 Å². The van der Waals surface area contributed by atoms with Crippen molar-refractivity contribution in [2.45, 2.75) is 13.0 Å². The Morgan fingerprint density at radius 1 is 1.08 bits per heavy atom. The predicted molar refractivity (Wildman–Crippen MR) is 102 cm³/mol. The molecule has 0 aliphatic carbocycles. The van der Waals surface area contributed by atoms with Crippen LogP contribution in [0.2, 0.25) is 10.0 Å². The Kier molecular flexibility index (Phi) is 6.81. The van der Waals surface area contributed by atoms with Crippen molar-refractivity contribution in [2.24, 2.45) is 0 Å². The number of amides is 1. The lowest BCUT2D eigenvalue weighted by molar-refractivity contribution is -0.122. The lowest BCUT2D eigenvalue weighted by atomic mass is 10.2. The Bertz CT molecular complexity index is 785. The van der Waals surface area contributed by atoms with E-state index >= 15 is 0 Å². The smallest absolute Gasteiger partial charge is 0.265 e. The van der Waals surface area contributed by atoms with Gasteiger partial charge in [-0.2, -0.15) is 0 Å². The molecule has 1 unspecified atom stereocenters. The van der Waals surface area contributed by atoms with E-state index in [1.165, 1.54) is 14.2 Å². The van der Waals surface area contributed by atoms with Gasteiger partial charge in [0.25, 0.3) is 5.91 Å². The topological polar surface area (TPSA) is 56.8 Å². The van der Waals surface area contributed by atoms with Gasteiger partial charge in [0.05, 0.1) is 29.4 Å². The molecule has 1 atom stereocenters. The number of benzene rings is 2. The van der Waals surface area contributed by atoms with Crippen molar-refractivity contribution in [1.82, 2.24) is 0 Å². The molecule has 0 saturated heterocycles. The van der Waals surface area contributed by atoms with E-state index in [2.05, 4.69) is 21.2 Å². The summed E-state index contributed by atoms with van der Waals surface area (Å²) in [6.45, 7) is 1.63. The second-order valence-electron chi connectivity index (χ2n) is 5.01. The van der Waals surface area contributed by atoms with Gasteiger partial charge in [-0.25, -0.2) is 0 Å². The van der Waals surface area contributed by atoms with Crippen LogP contribution in [0.25, 0.3) is 0 Å². The van der Waals surface area contributed by atoms with E-state index in [4.69, 9.17) is 37.4 Å². The number of halogens is 3. The lowest BCUT2D eigenvalue weighted by Crippen LogP contribution is -2.30. The zero-order chi connectivity index (χ0) is 18.6. The van der Waals surface area contributed by atoms with Gasteiger partial charge in [-0.1, -0.05) is 23.2 Å². The number of carbonyl (C=O) groups is 1. The van der Waals surface area contributed by atoms with Crippen molar-refractivity contribution in [2.75, 3.05) is 19.5 Å². The number of anilines is 1. The highest BCUT2D eigenvalue weighted by molar-refractivity contribution is 9.10. The van der Waals surface area contributed by atoms with Gasteiger partial charge < -0.3 is 19.5 Å². The first kappa shape index (κ1) is 19.7. The first-order valence-corrected chi connectivity index (χ1v) is 8.74. The van der Waals surface area contributed by atoms with Gasteiger partial charge in [0.15, 0.2) is 6.10 Å². The molecule has 0 bridgehead atoms. The van der Waals surface area contributed by atoms with Crippen LogP contribution >= 0.6 is 39.1 Å². The first-order chi connectivity index (χ1) is 11.8. The fraction of sp³-hybridized carbons (Fsp3) is 0.235. The Hall–Kier alpha value is -1.63. The van der Waals surface area contributed by atoms with E-state index in [1.807, 2.05) is 0 Å². The van der Waals surface area contributed by atoms with Gasteiger partial charge in [0.1, 0.15) is 17.2 Å². The van der Waals surface area contributed by atoms with E-state index in [0.29, 0.717) is 37.5 Å². The van der Waals surface area contributed by atoms with Crippen LogP contribution in [0.4, 0.5) is 5.69 Å². The van der Waals surface area contributed by atoms with Crippen molar-refractivity contribution < 1.29 is 19.0 Å². The van der Waals surface area contributed by atoms with Crippen LogP contribution in [0.5, 0.6) is 17.2 Å². The van der Waals surface area contributed by atoms with Crippen molar-refractivity contribution in [3.05, 3.63) is 44.8 Å². The Labute approximate surface area is 164 Å². The van der Waals surface area contributed by atoms with Crippen LogP contribution < -0.4 is 19.5 Å². The molecule has 2 rings (SSSR count). The first-order valence-electron chi connectivity index (χ1n) is 7.19. The molecule has 0 aromatic heterocycles. The average molecular weight is 449 g/mol. The van der Waals surface area contributed by atoms with E-state index in [0.717, 1.165) is 0 Å².